The molecular weight excluding hydrogens is 394 g/mol. The number of ether oxygens (including phenoxy) is 1. The van der Waals surface area contributed by atoms with Crippen molar-refractivity contribution in [3.8, 4) is 6.07 Å². The van der Waals surface area contributed by atoms with E-state index < -0.39 is 18.5 Å². The molecule has 1 heterocycles. The number of amides is 1. The lowest BCUT2D eigenvalue weighted by atomic mass is 10.1. The fraction of sp³-hybridized carbons (Fsp3) is 0.0870. The van der Waals surface area contributed by atoms with Crippen LogP contribution in [0.5, 0.6) is 0 Å². The summed E-state index contributed by atoms with van der Waals surface area (Å²) in [5.74, 6) is -1.06. The molecule has 0 aliphatic heterocycles. The number of nitrogens with one attached hydrogen (secondary N) is 1. The molecule has 31 heavy (non-hydrogen) atoms. The molecule has 0 fully saturated rings. The number of anilines is 1. The van der Waals surface area contributed by atoms with E-state index in [0.717, 1.165) is 16.6 Å². The Balaban J connectivity index is 1.31. The molecule has 1 amide bonds. The fourth-order valence-corrected chi connectivity index (χ4v) is 2.99. The summed E-state index contributed by atoms with van der Waals surface area (Å²) in [4.78, 5) is 24.2. The summed E-state index contributed by atoms with van der Waals surface area (Å²) in [6, 6.07) is 23.0. The van der Waals surface area contributed by atoms with Crippen molar-refractivity contribution >= 4 is 28.6 Å². The van der Waals surface area contributed by atoms with Crippen molar-refractivity contribution in [1.29, 1.82) is 5.26 Å². The van der Waals surface area contributed by atoms with Gasteiger partial charge in [0, 0.05) is 5.69 Å². The number of nitrogens with zero attached hydrogens (tertiary/aromatic N) is 4. The Morgan fingerprint density at radius 1 is 1.00 bits per heavy atom. The molecule has 0 bridgehead atoms. The van der Waals surface area contributed by atoms with Crippen molar-refractivity contribution < 1.29 is 14.3 Å². The van der Waals surface area contributed by atoms with Gasteiger partial charge < -0.3 is 10.1 Å². The fourth-order valence-electron chi connectivity index (χ4n) is 2.99. The number of hydrogen-bond acceptors (Lipinski definition) is 6. The second kappa shape index (κ2) is 8.88. The maximum Gasteiger partial charge on any atom is 0.338 e. The zero-order valence-electron chi connectivity index (χ0n) is 16.4. The number of carbonyl (C=O) groups excluding carboxylic acids is 2. The minimum Gasteiger partial charge on any atom is -0.452 e. The Bertz CT molecular complexity index is 1270. The third-order valence-corrected chi connectivity index (χ3v) is 4.57. The molecule has 1 aromatic heterocycles. The third kappa shape index (κ3) is 4.74. The van der Waals surface area contributed by atoms with E-state index in [1.54, 1.807) is 41.1 Å². The summed E-state index contributed by atoms with van der Waals surface area (Å²) < 4.78 is 6.87. The van der Waals surface area contributed by atoms with E-state index >= 15 is 0 Å². The van der Waals surface area contributed by atoms with Crippen molar-refractivity contribution in [3.63, 3.8) is 0 Å². The molecule has 4 rings (SSSR count). The van der Waals surface area contributed by atoms with Crippen molar-refractivity contribution in [2.45, 2.75) is 6.54 Å². The van der Waals surface area contributed by atoms with Gasteiger partial charge in [-0.15, -0.1) is 5.10 Å². The van der Waals surface area contributed by atoms with E-state index in [1.165, 1.54) is 0 Å². The predicted molar refractivity (Wildman–Crippen MR) is 113 cm³/mol. The highest BCUT2D eigenvalue weighted by Gasteiger charge is 2.11. The van der Waals surface area contributed by atoms with Gasteiger partial charge in [0.2, 0.25) is 0 Å². The van der Waals surface area contributed by atoms with Gasteiger partial charge in [-0.1, -0.05) is 29.5 Å². The molecule has 152 valence electrons. The van der Waals surface area contributed by atoms with Crippen LogP contribution in [-0.4, -0.2) is 33.5 Å². The smallest absolute Gasteiger partial charge is 0.338 e. The van der Waals surface area contributed by atoms with Crippen LogP contribution in [0.3, 0.4) is 0 Å². The van der Waals surface area contributed by atoms with E-state index in [0.29, 0.717) is 23.4 Å². The van der Waals surface area contributed by atoms with E-state index in [1.807, 2.05) is 42.5 Å². The molecule has 3 aromatic carbocycles. The lowest BCUT2D eigenvalue weighted by Crippen LogP contribution is -2.20. The molecule has 0 saturated heterocycles. The van der Waals surface area contributed by atoms with E-state index in [4.69, 9.17) is 10.00 Å². The SMILES string of the molecule is N#Cc1ccc(NC(=O)COC(=O)c2ccc(Cn3nnc4ccccc43)cc2)cc1. The largest absolute Gasteiger partial charge is 0.452 e. The van der Waals surface area contributed by atoms with Crippen molar-refractivity contribution in [2.75, 3.05) is 11.9 Å². The highest BCUT2D eigenvalue weighted by Crippen LogP contribution is 2.13. The predicted octanol–water partition coefficient (Wildman–Crippen LogP) is 3.15. The second-order valence-electron chi connectivity index (χ2n) is 6.75. The lowest BCUT2D eigenvalue weighted by molar-refractivity contribution is -0.119. The first-order chi connectivity index (χ1) is 15.1. The Morgan fingerprint density at radius 3 is 2.48 bits per heavy atom. The lowest BCUT2D eigenvalue weighted by Gasteiger charge is -2.07. The van der Waals surface area contributed by atoms with Gasteiger partial charge >= 0.3 is 5.97 Å². The zero-order chi connectivity index (χ0) is 21.6. The topological polar surface area (TPSA) is 110 Å². The van der Waals surface area contributed by atoms with Gasteiger partial charge in [0.05, 0.1) is 29.3 Å². The molecule has 0 spiro atoms. The van der Waals surface area contributed by atoms with Crippen LogP contribution < -0.4 is 5.32 Å². The normalized spacial score (nSPS) is 10.4. The zero-order valence-corrected chi connectivity index (χ0v) is 16.4. The van der Waals surface area contributed by atoms with Crippen molar-refractivity contribution in [2.24, 2.45) is 0 Å². The summed E-state index contributed by atoms with van der Waals surface area (Å²) in [5.41, 5.74) is 4.06. The van der Waals surface area contributed by atoms with Gasteiger partial charge in [-0.3, -0.25) is 4.79 Å². The van der Waals surface area contributed by atoms with Crippen LogP contribution in [0.15, 0.2) is 72.8 Å². The van der Waals surface area contributed by atoms with Gasteiger partial charge in [-0.25, -0.2) is 9.48 Å². The molecule has 0 unspecified atom stereocenters. The molecule has 0 saturated carbocycles. The molecule has 8 nitrogen and oxygen atoms in total. The number of para-hydroxylation sites is 1. The number of aromatic nitrogens is 3. The number of benzene rings is 3. The first-order valence-electron chi connectivity index (χ1n) is 9.47. The van der Waals surface area contributed by atoms with Gasteiger partial charge in [-0.05, 0) is 54.1 Å². The third-order valence-electron chi connectivity index (χ3n) is 4.57. The molecule has 0 radical (unpaired) electrons. The Morgan fingerprint density at radius 2 is 1.74 bits per heavy atom. The van der Waals surface area contributed by atoms with Crippen LogP contribution in [0.1, 0.15) is 21.5 Å². The van der Waals surface area contributed by atoms with Crippen molar-refractivity contribution in [3.05, 3.63) is 89.5 Å². The van der Waals surface area contributed by atoms with Crippen LogP contribution in [0.2, 0.25) is 0 Å². The minimum absolute atomic E-state index is 0.346. The number of nitriles is 1. The Hall–Kier alpha value is -4.51. The number of hydrogen-bond donors (Lipinski definition) is 1. The summed E-state index contributed by atoms with van der Waals surface area (Å²) in [6.07, 6.45) is 0. The highest BCUT2D eigenvalue weighted by atomic mass is 16.5. The number of esters is 1. The molecular formula is C23H17N5O3. The summed E-state index contributed by atoms with van der Waals surface area (Å²) in [5, 5.41) is 19.7. The number of fused-ring (bicyclic) bond motifs is 1. The Labute approximate surface area is 177 Å². The van der Waals surface area contributed by atoms with Crippen LogP contribution in [0.4, 0.5) is 5.69 Å². The van der Waals surface area contributed by atoms with Crippen LogP contribution in [-0.2, 0) is 16.1 Å². The molecule has 1 N–H and O–H groups in total. The van der Waals surface area contributed by atoms with Gasteiger partial charge in [0.1, 0.15) is 5.52 Å². The second-order valence-corrected chi connectivity index (χ2v) is 6.75. The van der Waals surface area contributed by atoms with Crippen molar-refractivity contribution in [1.82, 2.24) is 15.0 Å². The highest BCUT2D eigenvalue weighted by molar-refractivity contribution is 5.95. The monoisotopic (exact) mass is 411 g/mol. The quantitative estimate of drug-likeness (QED) is 0.488. The van der Waals surface area contributed by atoms with Gasteiger partial charge in [0.25, 0.3) is 5.91 Å². The van der Waals surface area contributed by atoms with E-state index in [-0.39, 0.29) is 0 Å². The van der Waals surface area contributed by atoms with Crippen LogP contribution in [0.25, 0.3) is 11.0 Å². The maximum absolute atomic E-state index is 12.2. The minimum atomic E-state index is -0.590. The molecule has 0 aliphatic carbocycles. The Kier molecular flexibility index (Phi) is 5.67. The summed E-state index contributed by atoms with van der Waals surface area (Å²) in [6.45, 7) is 0.106. The average Bonchev–Trinajstić information content (AvgIpc) is 3.21. The van der Waals surface area contributed by atoms with Crippen LogP contribution >= 0.6 is 0 Å². The first kappa shape index (κ1) is 19.8. The molecule has 0 atom stereocenters. The average molecular weight is 411 g/mol. The van der Waals surface area contributed by atoms with Gasteiger partial charge in [-0.2, -0.15) is 5.26 Å². The number of rotatable bonds is 6. The molecule has 8 heteroatoms. The summed E-state index contributed by atoms with van der Waals surface area (Å²) >= 11 is 0. The van der Waals surface area contributed by atoms with Crippen LogP contribution in [0, 0.1) is 11.3 Å². The molecule has 0 aliphatic rings. The van der Waals surface area contributed by atoms with E-state index in [2.05, 4.69) is 15.6 Å². The summed E-state index contributed by atoms with van der Waals surface area (Å²) in [7, 11) is 0. The number of carbonyl (C=O) groups is 2. The first-order valence-corrected chi connectivity index (χ1v) is 9.47. The van der Waals surface area contributed by atoms with E-state index in [9.17, 15) is 9.59 Å². The molecule has 4 aromatic rings. The standard InChI is InChI=1S/C23H17N5O3/c24-13-16-7-11-19(12-8-16)25-22(29)15-31-23(30)18-9-5-17(6-10-18)14-28-21-4-2-1-3-20(21)26-27-28/h1-12H,14-15H2,(H,25,29). The van der Waals surface area contributed by atoms with Gasteiger partial charge in [0.15, 0.2) is 6.61 Å². The maximum atomic E-state index is 12.2.